The van der Waals surface area contributed by atoms with Crippen molar-refractivity contribution in [1.82, 2.24) is 14.8 Å². The zero-order valence-electron chi connectivity index (χ0n) is 10.8. The van der Waals surface area contributed by atoms with Crippen LogP contribution in [0, 0.1) is 0 Å². The Bertz CT molecular complexity index is 783. The van der Waals surface area contributed by atoms with Crippen molar-refractivity contribution in [3.63, 3.8) is 0 Å². The fraction of sp³-hybridized carbons (Fsp3) is 0. The summed E-state index contributed by atoms with van der Waals surface area (Å²) in [7, 11) is 0. The molecule has 0 fully saturated rings. The summed E-state index contributed by atoms with van der Waals surface area (Å²) in [5, 5.41) is 31.0. The standard InChI is InChI=1S/C14H11N5O2/c20-10-4-5-11(12(21)9-10)17-18-14-6-8-16-19(14)13-3-1-2-7-15-13/h1-9,20-21H. The molecule has 1 aromatic carbocycles. The highest BCUT2D eigenvalue weighted by atomic mass is 16.3. The van der Waals surface area contributed by atoms with Crippen molar-refractivity contribution < 1.29 is 10.2 Å². The summed E-state index contributed by atoms with van der Waals surface area (Å²) in [4.78, 5) is 4.18. The molecular formula is C14H11N5O2. The Morgan fingerprint density at radius 1 is 0.952 bits per heavy atom. The molecule has 0 saturated heterocycles. The summed E-state index contributed by atoms with van der Waals surface area (Å²) in [6, 6.07) is 11.2. The van der Waals surface area contributed by atoms with Gasteiger partial charge >= 0.3 is 0 Å². The lowest BCUT2D eigenvalue weighted by molar-refractivity contribution is 0.451. The van der Waals surface area contributed by atoms with Crippen molar-refractivity contribution in [2.24, 2.45) is 10.2 Å². The SMILES string of the molecule is Oc1ccc(N=Nc2ccnn2-c2ccccn2)c(O)c1. The molecule has 0 aliphatic rings. The normalized spacial score (nSPS) is 11.0. The Balaban J connectivity index is 1.93. The van der Waals surface area contributed by atoms with E-state index < -0.39 is 0 Å². The van der Waals surface area contributed by atoms with E-state index in [4.69, 9.17) is 0 Å². The lowest BCUT2D eigenvalue weighted by Crippen LogP contribution is -1.97. The van der Waals surface area contributed by atoms with Crippen LogP contribution in [0.4, 0.5) is 11.5 Å². The van der Waals surface area contributed by atoms with E-state index in [9.17, 15) is 10.2 Å². The largest absolute Gasteiger partial charge is 0.508 e. The molecule has 0 saturated carbocycles. The van der Waals surface area contributed by atoms with Crippen LogP contribution in [0.1, 0.15) is 0 Å². The van der Waals surface area contributed by atoms with E-state index in [2.05, 4.69) is 20.3 Å². The van der Waals surface area contributed by atoms with Gasteiger partial charge in [-0.3, -0.25) is 0 Å². The van der Waals surface area contributed by atoms with Crippen LogP contribution >= 0.6 is 0 Å². The van der Waals surface area contributed by atoms with Crippen LogP contribution in [0.15, 0.2) is 65.1 Å². The van der Waals surface area contributed by atoms with Crippen LogP contribution in [0.2, 0.25) is 0 Å². The summed E-state index contributed by atoms with van der Waals surface area (Å²) >= 11 is 0. The van der Waals surface area contributed by atoms with Gasteiger partial charge < -0.3 is 10.2 Å². The van der Waals surface area contributed by atoms with E-state index in [1.807, 2.05) is 12.1 Å². The molecule has 0 amide bonds. The van der Waals surface area contributed by atoms with Gasteiger partial charge in [0, 0.05) is 18.3 Å². The number of pyridine rings is 1. The minimum atomic E-state index is -0.150. The second-order valence-electron chi connectivity index (χ2n) is 4.16. The molecule has 2 N–H and O–H groups in total. The molecule has 2 heterocycles. The first-order chi connectivity index (χ1) is 10.2. The minimum Gasteiger partial charge on any atom is -0.508 e. The number of aromatic hydroxyl groups is 2. The maximum atomic E-state index is 9.66. The number of aromatic nitrogens is 3. The maximum Gasteiger partial charge on any atom is 0.179 e. The van der Waals surface area contributed by atoms with Crippen molar-refractivity contribution >= 4 is 11.5 Å². The lowest BCUT2D eigenvalue weighted by atomic mass is 10.3. The molecule has 0 aliphatic carbocycles. The molecule has 3 aromatic rings. The van der Waals surface area contributed by atoms with Crippen LogP contribution in [0.25, 0.3) is 5.82 Å². The number of hydrogen-bond donors (Lipinski definition) is 2. The molecule has 0 unspecified atom stereocenters. The summed E-state index contributed by atoms with van der Waals surface area (Å²) in [5.74, 6) is 0.903. The zero-order valence-corrected chi connectivity index (χ0v) is 10.8. The quantitative estimate of drug-likeness (QED) is 0.721. The summed E-state index contributed by atoms with van der Waals surface area (Å²) in [6.45, 7) is 0. The van der Waals surface area contributed by atoms with Crippen molar-refractivity contribution in [3.8, 4) is 17.3 Å². The second-order valence-corrected chi connectivity index (χ2v) is 4.16. The van der Waals surface area contributed by atoms with Gasteiger partial charge in [0.05, 0.1) is 6.20 Å². The molecule has 0 radical (unpaired) electrons. The van der Waals surface area contributed by atoms with Gasteiger partial charge in [0.25, 0.3) is 0 Å². The highest BCUT2D eigenvalue weighted by molar-refractivity contribution is 5.53. The molecule has 0 aliphatic heterocycles. The van der Waals surface area contributed by atoms with E-state index in [1.165, 1.54) is 22.9 Å². The van der Waals surface area contributed by atoms with E-state index >= 15 is 0 Å². The van der Waals surface area contributed by atoms with Gasteiger partial charge in [-0.1, -0.05) is 6.07 Å². The first kappa shape index (κ1) is 12.8. The monoisotopic (exact) mass is 281 g/mol. The highest BCUT2D eigenvalue weighted by Crippen LogP contribution is 2.31. The minimum absolute atomic E-state index is 0.0371. The molecule has 21 heavy (non-hydrogen) atoms. The first-order valence-electron chi connectivity index (χ1n) is 6.13. The Morgan fingerprint density at radius 2 is 1.86 bits per heavy atom. The zero-order chi connectivity index (χ0) is 14.7. The molecule has 7 nitrogen and oxygen atoms in total. The van der Waals surface area contributed by atoms with Crippen LogP contribution in [-0.4, -0.2) is 25.0 Å². The average Bonchev–Trinajstić information content (AvgIpc) is 2.96. The molecule has 3 rings (SSSR count). The summed E-state index contributed by atoms with van der Waals surface area (Å²) in [5.41, 5.74) is 0.251. The number of rotatable bonds is 3. The molecule has 0 spiro atoms. The van der Waals surface area contributed by atoms with Crippen LogP contribution in [0.3, 0.4) is 0 Å². The third-order valence-electron chi connectivity index (χ3n) is 2.71. The van der Waals surface area contributed by atoms with Gasteiger partial charge in [0.1, 0.15) is 17.2 Å². The number of azo groups is 1. The Kier molecular flexibility index (Phi) is 3.30. The fourth-order valence-electron chi connectivity index (χ4n) is 1.73. The highest BCUT2D eigenvalue weighted by Gasteiger charge is 2.05. The van der Waals surface area contributed by atoms with E-state index in [0.717, 1.165) is 0 Å². The second kappa shape index (κ2) is 5.41. The fourth-order valence-corrected chi connectivity index (χ4v) is 1.73. The smallest absolute Gasteiger partial charge is 0.179 e. The number of hydrogen-bond acceptors (Lipinski definition) is 6. The van der Waals surface area contributed by atoms with Gasteiger partial charge in [0.15, 0.2) is 11.6 Å². The van der Waals surface area contributed by atoms with E-state index in [0.29, 0.717) is 11.6 Å². The van der Waals surface area contributed by atoms with Gasteiger partial charge in [-0.2, -0.15) is 9.78 Å². The summed E-state index contributed by atoms with van der Waals surface area (Å²) in [6.07, 6.45) is 3.24. The average molecular weight is 281 g/mol. The molecule has 7 heteroatoms. The number of nitrogens with zero attached hydrogens (tertiary/aromatic N) is 5. The molecule has 0 bridgehead atoms. The Morgan fingerprint density at radius 3 is 2.62 bits per heavy atom. The van der Waals surface area contributed by atoms with E-state index in [-0.39, 0.29) is 17.2 Å². The van der Waals surface area contributed by atoms with Crippen molar-refractivity contribution in [1.29, 1.82) is 0 Å². The molecular weight excluding hydrogens is 270 g/mol. The lowest BCUT2D eigenvalue weighted by Gasteiger charge is -2.01. The maximum absolute atomic E-state index is 9.66. The van der Waals surface area contributed by atoms with Gasteiger partial charge in [0.2, 0.25) is 0 Å². The predicted octanol–water partition coefficient (Wildman–Crippen LogP) is 3.09. The van der Waals surface area contributed by atoms with Crippen LogP contribution < -0.4 is 0 Å². The van der Waals surface area contributed by atoms with Gasteiger partial charge in [-0.15, -0.1) is 10.2 Å². The first-order valence-corrected chi connectivity index (χ1v) is 6.13. The Labute approximate surface area is 119 Å². The number of phenolic OH excluding ortho intramolecular Hbond substituents is 2. The topological polar surface area (TPSA) is 95.9 Å². The number of benzene rings is 1. The van der Waals surface area contributed by atoms with Gasteiger partial charge in [-0.05, 0) is 24.3 Å². The molecule has 0 atom stereocenters. The third-order valence-corrected chi connectivity index (χ3v) is 2.71. The van der Waals surface area contributed by atoms with Crippen LogP contribution in [-0.2, 0) is 0 Å². The summed E-state index contributed by atoms with van der Waals surface area (Å²) < 4.78 is 1.53. The predicted molar refractivity (Wildman–Crippen MR) is 75.3 cm³/mol. The van der Waals surface area contributed by atoms with E-state index in [1.54, 1.807) is 24.5 Å². The third kappa shape index (κ3) is 2.71. The molecule has 2 aromatic heterocycles. The number of phenols is 2. The van der Waals surface area contributed by atoms with Gasteiger partial charge in [-0.25, -0.2) is 4.98 Å². The van der Waals surface area contributed by atoms with Crippen LogP contribution in [0.5, 0.6) is 11.5 Å². The Hall–Kier alpha value is -3.22. The van der Waals surface area contributed by atoms with Crippen molar-refractivity contribution in [2.75, 3.05) is 0 Å². The van der Waals surface area contributed by atoms with Crippen molar-refractivity contribution in [2.45, 2.75) is 0 Å². The molecule has 104 valence electrons. The van der Waals surface area contributed by atoms with Crippen molar-refractivity contribution in [3.05, 3.63) is 54.9 Å².